The van der Waals surface area contributed by atoms with Gasteiger partial charge in [0.25, 0.3) is 0 Å². The maximum Gasteiger partial charge on any atom is 0.314 e. The molecule has 1 aromatic heterocycles. The van der Waals surface area contributed by atoms with E-state index in [1.54, 1.807) is 0 Å². The van der Waals surface area contributed by atoms with Crippen LogP contribution in [0.4, 0.5) is 0 Å². The maximum atomic E-state index is 11.5. The highest BCUT2D eigenvalue weighted by Crippen LogP contribution is 2.44. The number of carboxylic acid groups (broad SMARTS) is 1. The van der Waals surface area contributed by atoms with E-state index in [1.165, 1.54) is 10.9 Å². The first-order chi connectivity index (χ1) is 8.54. The van der Waals surface area contributed by atoms with Crippen molar-refractivity contribution in [2.75, 3.05) is 0 Å². The summed E-state index contributed by atoms with van der Waals surface area (Å²) in [5.74, 6) is -0.679. The fourth-order valence-corrected chi connectivity index (χ4v) is 3.04. The number of rotatable bonds is 2. The van der Waals surface area contributed by atoms with Gasteiger partial charge in [0.1, 0.15) is 0 Å². The summed E-state index contributed by atoms with van der Waals surface area (Å²) < 4.78 is 2.09. The van der Waals surface area contributed by atoms with Crippen molar-refractivity contribution in [2.24, 2.45) is 7.05 Å². The highest BCUT2D eigenvalue weighted by molar-refractivity contribution is 5.88. The van der Waals surface area contributed by atoms with Gasteiger partial charge in [-0.25, -0.2) is 0 Å². The monoisotopic (exact) mass is 243 g/mol. The van der Waals surface area contributed by atoms with Crippen LogP contribution >= 0.6 is 0 Å². The SMILES string of the molecule is Cc1cn(C)c2ccc(C3(C(=O)O)CCC3)cc12. The number of fused-ring (bicyclic) bond motifs is 1. The molecule has 1 saturated carbocycles. The molecule has 94 valence electrons. The molecule has 0 aliphatic heterocycles. The second kappa shape index (κ2) is 3.61. The van der Waals surface area contributed by atoms with Crippen molar-refractivity contribution in [3.8, 4) is 0 Å². The summed E-state index contributed by atoms with van der Waals surface area (Å²) in [6.07, 6.45) is 4.63. The van der Waals surface area contributed by atoms with Gasteiger partial charge in [-0.15, -0.1) is 0 Å². The Labute approximate surface area is 106 Å². The minimum atomic E-state index is -0.679. The van der Waals surface area contributed by atoms with E-state index < -0.39 is 11.4 Å². The van der Waals surface area contributed by atoms with Crippen molar-refractivity contribution in [3.63, 3.8) is 0 Å². The third-order valence-corrected chi connectivity index (χ3v) is 4.36. The number of hydrogen-bond acceptors (Lipinski definition) is 1. The van der Waals surface area contributed by atoms with Crippen LogP contribution in [0.25, 0.3) is 10.9 Å². The summed E-state index contributed by atoms with van der Waals surface area (Å²) in [4.78, 5) is 11.5. The van der Waals surface area contributed by atoms with Gasteiger partial charge in [0.2, 0.25) is 0 Å². The fourth-order valence-electron chi connectivity index (χ4n) is 3.04. The van der Waals surface area contributed by atoms with Gasteiger partial charge in [-0.05, 0) is 43.0 Å². The van der Waals surface area contributed by atoms with E-state index >= 15 is 0 Å². The molecule has 0 unspecified atom stereocenters. The summed E-state index contributed by atoms with van der Waals surface area (Å²) in [5, 5.41) is 10.6. The quantitative estimate of drug-likeness (QED) is 0.881. The first-order valence-corrected chi connectivity index (χ1v) is 6.34. The number of aliphatic carboxylic acids is 1. The van der Waals surface area contributed by atoms with E-state index in [0.29, 0.717) is 0 Å². The number of benzene rings is 1. The van der Waals surface area contributed by atoms with Gasteiger partial charge >= 0.3 is 5.97 Å². The van der Waals surface area contributed by atoms with Gasteiger partial charge in [-0.1, -0.05) is 12.5 Å². The summed E-state index contributed by atoms with van der Waals surface area (Å²) in [6.45, 7) is 2.07. The molecule has 1 aliphatic carbocycles. The van der Waals surface area contributed by atoms with Crippen molar-refractivity contribution in [2.45, 2.75) is 31.6 Å². The molecule has 2 aromatic rings. The van der Waals surface area contributed by atoms with Crippen molar-refractivity contribution in [1.29, 1.82) is 0 Å². The van der Waals surface area contributed by atoms with Crippen LogP contribution in [0, 0.1) is 6.92 Å². The Morgan fingerprint density at radius 3 is 2.67 bits per heavy atom. The maximum absolute atomic E-state index is 11.5. The fraction of sp³-hybridized carbons (Fsp3) is 0.400. The van der Waals surface area contributed by atoms with Gasteiger partial charge in [-0.2, -0.15) is 0 Å². The predicted octanol–water partition coefficient (Wildman–Crippen LogP) is 2.99. The van der Waals surface area contributed by atoms with E-state index in [0.717, 1.165) is 30.3 Å². The molecule has 0 radical (unpaired) electrons. The highest BCUT2D eigenvalue weighted by atomic mass is 16.4. The molecule has 0 saturated heterocycles. The van der Waals surface area contributed by atoms with Crippen LogP contribution in [0.15, 0.2) is 24.4 Å². The average Bonchev–Trinajstić information content (AvgIpc) is 2.52. The third-order valence-electron chi connectivity index (χ3n) is 4.36. The lowest BCUT2D eigenvalue weighted by Crippen LogP contribution is -2.42. The van der Waals surface area contributed by atoms with Crippen molar-refractivity contribution in [1.82, 2.24) is 4.57 Å². The number of carboxylic acids is 1. The standard InChI is InChI=1S/C15H17NO2/c1-10-9-16(2)13-5-4-11(8-12(10)13)15(14(17)18)6-3-7-15/h4-5,8-9H,3,6-7H2,1-2H3,(H,17,18). The predicted molar refractivity (Wildman–Crippen MR) is 70.8 cm³/mol. The second-order valence-electron chi connectivity index (χ2n) is 5.40. The Hall–Kier alpha value is -1.77. The number of hydrogen-bond donors (Lipinski definition) is 1. The molecule has 0 amide bonds. The average molecular weight is 243 g/mol. The molecule has 3 rings (SSSR count). The highest BCUT2D eigenvalue weighted by Gasteiger charge is 2.45. The van der Waals surface area contributed by atoms with Gasteiger partial charge in [0, 0.05) is 24.1 Å². The first-order valence-electron chi connectivity index (χ1n) is 6.34. The van der Waals surface area contributed by atoms with Crippen LogP contribution in [0.2, 0.25) is 0 Å². The van der Waals surface area contributed by atoms with Crippen molar-refractivity contribution >= 4 is 16.9 Å². The van der Waals surface area contributed by atoms with E-state index in [2.05, 4.69) is 23.8 Å². The Kier molecular flexibility index (Phi) is 2.27. The molecule has 3 heteroatoms. The lowest BCUT2D eigenvalue weighted by molar-refractivity contribution is -0.147. The molecule has 1 N–H and O–H groups in total. The molecule has 3 nitrogen and oxygen atoms in total. The van der Waals surface area contributed by atoms with Gasteiger partial charge in [0.15, 0.2) is 0 Å². The van der Waals surface area contributed by atoms with Crippen LogP contribution in [-0.4, -0.2) is 15.6 Å². The minimum absolute atomic E-state index is 0.629. The zero-order chi connectivity index (χ0) is 12.9. The number of aromatic nitrogens is 1. The largest absolute Gasteiger partial charge is 0.481 e. The minimum Gasteiger partial charge on any atom is -0.481 e. The number of carbonyl (C=O) groups is 1. The molecule has 1 fully saturated rings. The summed E-state index contributed by atoms with van der Waals surface area (Å²) in [6, 6.07) is 6.09. The number of nitrogens with zero attached hydrogens (tertiary/aromatic N) is 1. The molecular formula is C15H17NO2. The van der Waals surface area contributed by atoms with E-state index in [4.69, 9.17) is 0 Å². The Morgan fingerprint density at radius 1 is 1.39 bits per heavy atom. The Bertz CT molecular complexity index is 635. The molecule has 1 aliphatic rings. The summed E-state index contributed by atoms with van der Waals surface area (Å²) >= 11 is 0. The Morgan fingerprint density at radius 2 is 2.11 bits per heavy atom. The van der Waals surface area contributed by atoms with Crippen LogP contribution in [0.3, 0.4) is 0 Å². The molecule has 0 atom stereocenters. The molecule has 1 heterocycles. The topological polar surface area (TPSA) is 42.2 Å². The lowest BCUT2D eigenvalue weighted by Gasteiger charge is -2.38. The molecule has 18 heavy (non-hydrogen) atoms. The zero-order valence-corrected chi connectivity index (χ0v) is 10.7. The molecular weight excluding hydrogens is 226 g/mol. The molecule has 0 spiro atoms. The molecule has 0 bridgehead atoms. The summed E-state index contributed by atoms with van der Waals surface area (Å²) in [7, 11) is 2.02. The van der Waals surface area contributed by atoms with Crippen molar-refractivity contribution < 1.29 is 9.90 Å². The van der Waals surface area contributed by atoms with Crippen LogP contribution in [-0.2, 0) is 17.3 Å². The van der Waals surface area contributed by atoms with Crippen LogP contribution in [0.5, 0.6) is 0 Å². The third kappa shape index (κ3) is 1.33. The number of aryl methyl sites for hydroxylation is 2. The van der Waals surface area contributed by atoms with E-state index in [-0.39, 0.29) is 0 Å². The Balaban J connectivity index is 2.19. The zero-order valence-electron chi connectivity index (χ0n) is 10.7. The van der Waals surface area contributed by atoms with E-state index in [9.17, 15) is 9.90 Å². The lowest BCUT2D eigenvalue weighted by atomic mass is 9.64. The summed E-state index contributed by atoms with van der Waals surface area (Å²) in [5.41, 5.74) is 2.70. The van der Waals surface area contributed by atoms with Crippen LogP contribution in [0.1, 0.15) is 30.4 Å². The van der Waals surface area contributed by atoms with Gasteiger partial charge in [-0.3, -0.25) is 4.79 Å². The van der Waals surface area contributed by atoms with Crippen LogP contribution < -0.4 is 0 Å². The van der Waals surface area contributed by atoms with E-state index in [1.807, 2.05) is 19.2 Å². The second-order valence-corrected chi connectivity index (χ2v) is 5.40. The molecule has 1 aromatic carbocycles. The van der Waals surface area contributed by atoms with Gasteiger partial charge in [0.05, 0.1) is 5.41 Å². The smallest absolute Gasteiger partial charge is 0.314 e. The van der Waals surface area contributed by atoms with Gasteiger partial charge < -0.3 is 9.67 Å². The first kappa shape index (κ1) is 11.3. The normalized spacial score (nSPS) is 17.7. The van der Waals surface area contributed by atoms with Crippen molar-refractivity contribution in [3.05, 3.63) is 35.5 Å².